The fourth-order valence-corrected chi connectivity index (χ4v) is 1.85. The lowest BCUT2D eigenvalue weighted by Gasteiger charge is -1.86. The first-order chi connectivity index (χ1) is 5.74. The lowest BCUT2D eigenvalue weighted by molar-refractivity contribution is 1.01. The van der Waals surface area contributed by atoms with Crippen LogP contribution < -0.4 is 5.73 Å². The van der Waals surface area contributed by atoms with Gasteiger partial charge in [-0.2, -0.15) is 0 Å². The predicted molar refractivity (Wildman–Crippen MR) is 54.3 cm³/mol. The van der Waals surface area contributed by atoms with E-state index in [0.717, 1.165) is 17.1 Å². The summed E-state index contributed by atoms with van der Waals surface area (Å²) in [7, 11) is 0. The van der Waals surface area contributed by atoms with Crippen LogP contribution in [0.1, 0.15) is 22.0 Å². The predicted octanol–water partition coefficient (Wildman–Crippen LogP) is 2.12. The van der Waals surface area contributed by atoms with Gasteiger partial charge in [-0.1, -0.05) is 6.08 Å². The third-order valence-electron chi connectivity index (χ3n) is 1.54. The monoisotopic (exact) mass is 182 g/mol. The van der Waals surface area contributed by atoms with E-state index in [1.165, 1.54) is 4.88 Å². The average Bonchev–Trinajstić information content (AvgIpc) is 2.31. The zero-order chi connectivity index (χ0) is 8.97. The molecule has 2 nitrogen and oxygen atoms in total. The van der Waals surface area contributed by atoms with Gasteiger partial charge in [0.05, 0.1) is 10.7 Å². The molecule has 0 aliphatic rings. The molecule has 0 saturated heterocycles. The Balaban J connectivity index is 2.68. The van der Waals surface area contributed by atoms with Crippen molar-refractivity contribution in [3.8, 4) is 0 Å². The number of aryl methyl sites for hydroxylation is 2. The molecule has 0 bridgehead atoms. The van der Waals surface area contributed by atoms with E-state index >= 15 is 0 Å². The smallest absolute Gasteiger partial charge is 0.0903 e. The molecule has 1 aromatic heterocycles. The summed E-state index contributed by atoms with van der Waals surface area (Å²) in [4.78, 5) is 5.58. The summed E-state index contributed by atoms with van der Waals surface area (Å²) in [5.74, 6) is 0. The van der Waals surface area contributed by atoms with Crippen molar-refractivity contribution in [1.29, 1.82) is 0 Å². The number of hydrogen-bond donors (Lipinski definition) is 1. The number of rotatable bonds is 3. The molecule has 0 saturated carbocycles. The molecule has 1 aromatic rings. The van der Waals surface area contributed by atoms with Crippen LogP contribution >= 0.6 is 11.3 Å². The van der Waals surface area contributed by atoms with Crippen molar-refractivity contribution < 1.29 is 0 Å². The highest BCUT2D eigenvalue weighted by atomic mass is 32.1. The maximum absolute atomic E-state index is 5.37. The van der Waals surface area contributed by atoms with Crippen molar-refractivity contribution in [3.05, 3.63) is 21.7 Å². The SMILES string of the molecule is Cc1nc(C)c(C=CCCN)s1. The van der Waals surface area contributed by atoms with Gasteiger partial charge in [0.2, 0.25) is 0 Å². The van der Waals surface area contributed by atoms with Gasteiger partial charge in [-0.05, 0) is 32.9 Å². The number of nitrogens with zero attached hydrogens (tertiary/aromatic N) is 1. The molecule has 66 valence electrons. The minimum atomic E-state index is 0.716. The molecule has 0 spiro atoms. The Morgan fingerprint density at radius 2 is 2.25 bits per heavy atom. The largest absolute Gasteiger partial charge is 0.330 e. The molecule has 0 atom stereocenters. The first kappa shape index (κ1) is 9.42. The molecule has 0 radical (unpaired) electrons. The highest BCUT2D eigenvalue weighted by Crippen LogP contribution is 2.18. The van der Waals surface area contributed by atoms with Crippen LogP contribution in [0, 0.1) is 13.8 Å². The second kappa shape index (κ2) is 4.38. The molecule has 0 fully saturated rings. The molecule has 0 aromatic carbocycles. The molecular formula is C9H14N2S. The summed E-state index contributed by atoms with van der Waals surface area (Å²) in [6.07, 6.45) is 5.14. The van der Waals surface area contributed by atoms with E-state index in [4.69, 9.17) is 5.73 Å². The van der Waals surface area contributed by atoms with Crippen LogP contribution in [0.3, 0.4) is 0 Å². The van der Waals surface area contributed by atoms with Gasteiger partial charge in [0.25, 0.3) is 0 Å². The normalized spacial score (nSPS) is 11.2. The second-order valence-electron chi connectivity index (χ2n) is 2.66. The molecule has 12 heavy (non-hydrogen) atoms. The molecule has 0 aliphatic carbocycles. The minimum Gasteiger partial charge on any atom is -0.330 e. The number of thiazole rings is 1. The number of nitrogens with two attached hydrogens (primary N) is 1. The van der Waals surface area contributed by atoms with Gasteiger partial charge in [0, 0.05) is 4.88 Å². The van der Waals surface area contributed by atoms with E-state index in [1.54, 1.807) is 11.3 Å². The van der Waals surface area contributed by atoms with E-state index in [1.807, 2.05) is 13.8 Å². The van der Waals surface area contributed by atoms with E-state index in [-0.39, 0.29) is 0 Å². The molecule has 0 amide bonds. The third-order valence-corrected chi connectivity index (χ3v) is 2.58. The summed E-state index contributed by atoms with van der Waals surface area (Å²) in [6, 6.07) is 0. The van der Waals surface area contributed by atoms with Gasteiger partial charge in [-0.3, -0.25) is 0 Å². The molecule has 1 rings (SSSR count). The summed E-state index contributed by atoms with van der Waals surface area (Å²) < 4.78 is 0. The van der Waals surface area contributed by atoms with Crippen LogP contribution in [0.25, 0.3) is 6.08 Å². The van der Waals surface area contributed by atoms with Crippen molar-refractivity contribution in [2.75, 3.05) is 6.54 Å². The van der Waals surface area contributed by atoms with Gasteiger partial charge >= 0.3 is 0 Å². The maximum Gasteiger partial charge on any atom is 0.0903 e. The Morgan fingerprint density at radius 1 is 1.50 bits per heavy atom. The number of aromatic nitrogens is 1. The van der Waals surface area contributed by atoms with Crippen molar-refractivity contribution in [3.63, 3.8) is 0 Å². The average molecular weight is 182 g/mol. The lowest BCUT2D eigenvalue weighted by atomic mass is 10.3. The van der Waals surface area contributed by atoms with Crippen molar-refractivity contribution >= 4 is 17.4 Å². The van der Waals surface area contributed by atoms with Gasteiger partial charge in [0.15, 0.2) is 0 Å². The van der Waals surface area contributed by atoms with Gasteiger partial charge < -0.3 is 5.73 Å². The van der Waals surface area contributed by atoms with Crippen LogP contribution in [-0.2, 0) is 0 Å². The second-order valence-corrected chi connectivity index (χ2v) is 3.90. The third kappa shape index (κ3) is 2.43. The van der Waals surface area contributed by atoms with Crippen molar-refractivity contribution in [2.45, 2.75) is 20.3 Å². The molecule has 0 aliphatic heterocycles. The zero-order valence-electron chi connectivity index (χ0n) is 7.50. The van der Waals surface area contributed by atoms with Crippen LogP contribution in [0.2, 0.25) is 0 Å². The first-order valence-corrected chi connectivity index (χ1v) is 4.86. The fraction of sp³-hybridized carbons (Fsp3) is 0.444. The Labute approximate surface area is 77.1 Å². The number of hydrogen-bond acceptors (Lipinski definition) is 3. The van der Waals surface area contributed by atoms with E-state index < -0.39 is 0 Å². The minimum absolute atomic E-state index is 0.716. The quantitative estimate of drug-likeness (QED) is 0.777. The topological polar surface area (TPSA) is 38.9 Å². The highest BCUT2D eigenvalue weighted by Gasteiger charge is 1.99. The van der Waals surface area contributed by atoms with Gasteiger partial charge in [-0.15, -0.1) is 11.3 Å². The van der Waals surface area contributed by atoms with E-state index in [2.05, 4.69) is 17.1 Å². The lowest BCUT2D eigenvalue weighted by Crippen LogP contribution is -1.94. The summed E-state index contributed by atoms with van der Waals surface area (Å²) in [5, 5.41) is 1.12. The van der Waals surface area contributed by atoms with Crippen LogP contribution in [0.15, 0.2) is 6.08 Å². The molecule has 2 N–H and O–H groups in total. The molecule has 3 heteroatoms. The zero-order valence-corrected chi connectivity index (χ0v) is 8.32. The van der Waals surface area contributed by atoms with Crippen molar-refractivity contribution in [2.24, 2.45) is 5.73 Å². The van der Waals surface area contributed by atoms with Crippen LogP contribution in [-0.4, -0.2) is 11.5 Å². The van der Waals surface area contributed by atoms with Crippen molar-refractivity contribution in [1.82, 2.24) is 4.98 Å². The van der Waals surface area contributed by atoms with Gasteiger partial charge in [-0.25, -0.2) is 4.98 Å². The summed E-state index contributed by atoms with van der Waals surface area (Å²) in [5.41, 5.74) is 6.49. The van der Waals surface area contributed by atoms with E-state index in [0.29, 0.717) is 6.54 Å². The Bertz CT molecular complexity index is 276. The molecule has 1 heterocycles. The maximum atomic E-state index is 5.37. The Morgan fingerprint density at radius 3 is 2.75 bits per heavy atom. The van der Waals surface area contributed by atoms with Gasteiger partial charge in [0.1, 0.15) is 0 Å². The first-order valence-electron chi connectivity index (χ1n) is 4.04. The fourth-order valence-electron chi connectivity index (χ4n) is 0.988. The van der Waals surface area contributed by atoms with E-state index in [9.17, 15) is 0 Å². The molecular weight excluding hydrogens is 168 g/mol. The Kier molecular flexibility index (Phi) is 3.44. The van der Waals surface area contributed by atoms with Crippen LogP contribution in [0.4, 0.5) is 0 Å². The summed E-state index contributed by atoms with van der Waals surface area (Å²) in [6.45, 7) is 4.77. The summed E-state index contributed by atoms with van der Waals surface area (Å²) >= 11 is 1.73. The molecule has 0 unspecified atom stereocenters. The highest BCUT2D eigenvalue weighted by molar-refractivity contribution is 7.12. The standard InChI is InChI=1S/C9H14N2S/c1-7-9(5-3-4-6-10)12-8(2)11-7/h3,5H,4,6,10H2,1-2H3. The van der Waals surface area contributed by atoms with Crippen LogP contribution in [0.5, 0.6) is 0 Å². The Hall–Kier alpha value is -0.670.